The van der Waals surface area contributed by atoms with E-state index in [4.69, 9.17) is 0 Å². The Hall–Kier alpha value is -1.55. The van der Waals surface area contributed by atoms with Crippen molar-refractivity contribution in [2.24, 2.45) is 5.92 Å². The summed E-state index contributed by atoms with van der Waals surface area (Å²) in [4.78, 5) is 16.2. The fraction of sp³-hybridized carbons (Fsp3) is 0.632. The van der Waals surface area contributed by atoms with Crippen LogP contribution in [-0.2, 0) is 4.79 Å². The lowest BCUT2D eigenvalue weighted by molar-refractivity contribution is -0.892. The summed E-state index contributed by atoms with van der Waals surface area (Å²) in [7, 11) is 0. The van der Waals surface area contributed by atoms with Crippen molar-refractivity contribution < 1.29 is 9.69 Å². The third kappa shape index (κ3) is 4.47. The number of para-hydroxylation sites is 1. The van der Waals surface area contributed by atoms with Crippen LogP contribution in [0, 0.1) is 5.92 Å². The van der Waals surface area contributed by atoms with Gasteiger partial charge in [0.15, 0.2) is 6.54 Å². The number of hydrogen-bond acceptors (Lipinski definition) is 2. The van der Waals surface area contributed by atoms with Crippen molar-refractivity contribution in [1.82, 2.24) is 5.32 Å². The lowest BCUT2D eigenvalue weighted by atomic mass is 9.86. The number of quaternary nitrogens is 1. The molecule has 0 bridgehead atoms. The number of rotatable bonds is 4. The van der Waals surface area contributed by atoms with Crippen molar-refractivity contribution in [2.45, 2.75) is 38.6 Å². The molecule has 1 aliphatic heterocycles. The molecule has 4 heteroatoms. The molecule has 0 aromatic heterocycles. The van der Waals surface area contributed by atoms with Gasteiger partial charge in [0, 0.05) is 11.7 Å². The van der Waals surface area contributed by atoms with Gasteiger partial charge in [-0.3, -0.25) is 4.79 Å². The molecule has 1 aromatic rings. The highest BCUT2D eigenvalue weighted by Crippen LogP contribution is 2.23. The first kappa shape index (κ1) is 16.3. The Labute approximate surface area is 139 Å². The van der Waals surface area contributed by atoms with Crippen molar-refractivity contribution in [3.63, 3.8) is 0 Å². The van der Waals surface area contributed by atoms with Gasteiger partial charge in [-0.1, -0.05) is 38.0 Å². The molecule has 1 saturated carbocycles. The molecule has 126 valence electrons. The Morgan fingerprint density at radius 1 is 1.17 bits per heavy atom. The van der Waals surface area contributed by atoms with Gasteiger partial charge in [-0.05, 0) is 30.9 Å². The lowest BCUT2D eigenvalue weighted by Crippen LogP contribution is -3.16. The average Bonchev–Trinajstić information content (AvgIpc) is 2.58. The molecule has 1 saturated heterocycles. The van der Waals surface area contributed by atoms with Crippen LogP contribution in [0.4, 0.5) is 5.69 Å². The zero-order valence-electron chi connectivity index (χ0n) is 14.3. The van der Waals surface area contributed by atoms with Gasteiger partial charge in [-0.2, -0.15) is 0 Å². The summed E-state index contributed by atoms with van der Waals surface area (Å²) in [5.74, 6) is 0.879. The van der Waals surface area contributed by atoms with Crippen molar-refractivity contribution in [3.8, 4) is 0 Å². The molecule has 3 rings (SSSR count). The first-order valence-electron chi connectivity index (χ1n) is 9.15. The molecule has 4 nitrogen and oxygen atoms in total. The van der Waals surface area contributed by atoms with Crippen LogP contribution in [0.15, 0.2) is 30.3 Å². The Bertz CT molecular complexity index is 497. The lowest BCUT2D eigenvalue weighted by Gasteiger charge is -2.34. The van der Waals surface area contributed by atoms with Gasteiger partial charge in [0.05, 0.1) is 26.2 Å². The zero-order valence-corrected chi connectivity index (χ0v) is 14.3. The van der Waals surface area contributed by atoms with Gasteiger partial charge in [-0.25, -0.2) is 0 Å². The summed E-state index contributed by atoms with van der Waals surface area (Å²) in [6, 6.07) is 11.0. The molecule has 2 atom stereocenters. The van der Waals surface area contributed by atoms with E-state index >= 15 is 0 Å². The van der Waals surface area contributed by atoms with Gasteiger partial charge >= 0.3 is 0 Å². The first-order chi connectivity index (χ1) is 11.2. The van der Waals surface area contributed by atoms with Crippen LogP contribution in [0.5, 0.6) is 0 Å². The maximum atomic E-state index is 12.3. The molecule has 1 heterocycles. The molecular formula is C19H30N3O+. The number of benzene rings is 1. The van der Waals surface area contributed by atoms with Crippen molar-refractivity contribution >= 4 is 11.6 Å². The van der Waals surface area contributed by atoms with Crippen LogP contribution in [0.25, 0.3) is 0 Å². The predicted molar refractivity (Wildman–Crippen MR) is 93.8 cm³/mol. The normalized spacial score (nSPS) is 26.0. The molecule has 0 radical (unpaired) electrons. The first-order valence-corrected chi connectivity index (χ1v) is 9.15. The summed E-state index contributed by atoms with van der Waals surface area (Å²) >= 11 is 0. The maximum absolute atomic E-state index is 12.3. The van der Waals surface area contributed by atoms with E-state index in [1.807, 2.05) is 0 Å². The standard InChI is InChI=1S/C19H29N3O/c1-16-7-5-6-10-18(16)20-19(23)15-21-11-13-22(14-12-21)17-8-3-2-4-9-17/h2-4,8-9,16,18H,5-7,10-15H2,1H3,(H,20,23)/p+1/t16-,18-/m0/s1. The van der Waals surface area contributed by atoms with Crippen molar-refractivity contribution in [2.75, 3.05) is 37.6 Å². The van der Waals surface area contributed by atoms with Gasteiger partial charge < -0.3 is 15.1 Å². The summed E-state index contributed by atoms with van der Waals surface area (Å²) < 4.78 is 0. The fourth-order valence-corrected chi connectivity index (χ4v) is 3.91. The topological polar surface area (TPSA) is 36.8 Å². The number of carbonyl (C=O) groups excluding carboxylic acids is 1. The summed E-state index contributed by atoms with van der Waals surface area (Å²) in [6.07, 6.45) is 5.00. The van der Waals surface area contributed by atoms with Crippen molar-refractivity contribution in [1.29, 1.82) is 0 Å². The monoisotopic (exact) mass is 316 g/mol. The zero-order chi connectivity index (χ0) is 16.1. The molecule has 2 fully saturated rings. The molecule has 1 aromatic carbocycles. The minimum atomic E-state index is 0.243. The Morgan fingerprint density at radius 3 is 2.57 bits per heavy atom. The van der Waals surface area contributed by atoms with Crippen LogP contribution in [0.2, 0.25) is 0 Å². The third-order valence-electron chi connectivity index (χ3n) is 5.46. The number of piperazine rings is 1. The minimum Gasteiger partial charge on any atom is -0.360 e. The second-order valence-electron chi connectivity index (χ2n) is 7.19. The van der Waals surface area contributed by atoms with E-state index < -0.39 is 0 Å². The van der Waals surface area contributed by atoms with Crippen LogP contribution < -0.4 is 15.1 Å². The molecule has 2 aliphatic rings. The Morgan fingerprint density at radius 2 is 1.87 bits per heavy atom. The quantitative estimate of drug-likeness (QED) is 0.872. The number of anilines is 1. The SMILES string of the molecule is C[C@H]1CCCC[C@@H]1NC(=O)C[NH+]1CCN(c2ccccc2)CC1. The van der Waals surface area contributed by atoms with E-state index in [9.17, 15) is 4.79 Å². The molecule has 0 spiro atoms. The third-order valence-corrected chi connectivity index (χ3v) is 5.46. The number of hydrogen-bond donors (Lipinski definition) is 2. The highest BCUT2D eigenvalue weighted by Gasteiger charge is 2.26. The van der Waals surface area contributed by atoms with Gasteiger partial charge in [0.25, 0.3) is 5.91 Å². The van der Waals surface area contributed by atoms with Crippen LogP contribution in [-0.4, -0.2) is 44.7 Å². The van der Waals surface area contributed by atoms with E-state index in [0.717, 1.165) is 32.6 Å². The molecule has 1 aliphatic carbocycles. The van der Waals surface area contributed by atoms with Gasteiger partial charge in [-0.15, -0.1) is 0 Å². The Kier molecular flexibility index (Phi) is 5.55. The number of nitrogens with one attached hydrogen (secondary N) is 2. The highest BCUT2D eigenvalue weighted by atomic mass is 16.2. The summed E-state index contributed by atoms with van der Waals surface area (Å²) in [5.41, 5.74) is 1.30. The number of carbonyl (C=O) groups is 1. The van der Waals surface area contributed by atoms with E-state index in [-0.39, 0.29) is 5.91 Å². The number of amides is 1. The van der Waals surface area contributed by atoms with E-state index in [2.05, 4.69) is 47.5 Å². The van der Waals surface area contributed by atoms with Crippen molar-refractivity contribution in [3.05, 3.63) is 30.3 Å². The fourth-order valence-electron chi connectivity index (χ4n) is 3.91. The molecule has 23 heavy (non-hydrogen) atoms. The largest absolute Gasteiger partial charge is 0.360 e. The summed E-state index contributed by atoms with van der Waals surface area (Å²) in [5, 5.41) is 3.29. The minimum absolute atomic E-state index is 0.243. The van der Waals surface area contributed by atoms with E-state index in [1.165, 1.54) is 29.8 Å². The molecule has 2 N–H and O–H groups in total. The number of nitrogens with zero attached hydrogens (tertiary/aromatic N) is 1. The predicted octanol–water partition coefficient (Wildman–Crippen LogP) is 1.09. The second-order valence-corrected chi connectivity index (χ2v) is 7.19. The highest BCUT2D eigenvalue weighted by molar-refractivity contribution is 5.77. The molecule has 0 unspecified atom stereocenters. The van der Waals surface area contributed by atoms with Crippen LogP contribution in [0.3, 0.4) is 0 Å². The Balaban J connectivity index is 1.42. The maximum Gasteiger partial charge on any atom is 0.275 e. The summed E-state index contributed by atoms with van der Waals surface area (Å²) in [6.45, 7) is 7.06. The average molecular weight is 316 g/mol. The van der Waals surface area contributed by atoms with Crippen LogP contribution >= 0.6 is 0 Å². The molecular weight excluding hydrogens is 286 g/mol. The second kappa shape index (κ2) is 7.82. The van der Waals surface area contributed by atoms with E-state index in [0.29, 0.717) is 18.5 Å². The van der Waals surface area contributed by atoms with Gasteiger partial charge in [0.1, 0.15) is 0 Å². The van der Waals surface area contributed by atoms with Gasteiger partial charge in [0.2, 0.25) is 0 Å². The molecule has 1 amide bonds. The van der Waals surface area contributed by atoms with Crippen LogP contribution in [0.1, 0.15) is 32.6 Å². The smallest absolute Gasteiger partial charge is 0.275 e. The van der Waals surface area contributed by atoms with E-state index in [1.54, 1.807) is 0 Å².